The van der Waals surface area contributed by atoms with Gasteiger partial charge in [0.2, 0.25) is 0 Å². The molecule has 2 aromatic rings. The van der Waals surface area contributed by atoms with E-state index in [9.17, 15) is 0 Å². The number of hydrogen-bond acceptors (Lipinski definition) is 4. The topological polar surface area (TPSA) is 43.4 Å². The predicted molar refractivity (Wildman–Crippen MR) is 75.7 cm³/mol. The Kier molecular flexibility index (Phi) is 4.61. The SMILES string of the molecule is CCOc1cccc(CNc2ccc(OC)cn2)c1. The Morgan fingerprint density at radius 1 is 1.16 bits per heavy atom. The highest BCUT2D eigenvalue weighted by Crippen LogP contribution is 2.15. The van der Waals surface area contributed by atoms with E-state index in [4.69, 9.17) is 9.47 Å². The van der Waals surface area contributed by atoms with Crippen molar-refractivity contribution in [2.75, 3.05) is 19.0 Å². The normalized spacial score (nSPS) is 10.0. The molecule has 1 aromatic heterocycles. The standard InChI is InChI=1S/C15H18N2O2/c1-3-19-13-6-4-5-12(9-13)10-16-15-8-7-14(18-2)11-17-15/h4-9,11H,3,10H2,1-2H3,(H,16,17). The Balaban J connectivity index is 1.95. The van der Waals surface area contributed by atoms with E-state index in [1.54, 1.807) is 13.3 Å². The van der Waals surface area contributed by atoms with Crippen LogP contribution >= 0.6 is 0 Å². The van der Waals surface area contributed by atoms with Gasteiger partial charge in [0.05, 0.1) is 19.9 Å². The molecule has 0 saturated heterocycles. The van der Waals surface area contributed by atoms with Crippen molar-refractivity contribution < 1.29 is 9.47 Å². The summed E-state index contributed by atoms with van der Waals surface area (Å²) < 4.78 is 10.5. The van der Waals surface area contributed by atoms with Gasteiger partial charge in [-0.2, -0.15) is 0 Å². The summed E-state index contributed by atoms with van der Waals surface area (Å²) in [6.45, 7) is 3.36. The molecule has 2 rings (SSSR count). The molecule has 0 radical (unpaired) electrons. The van der Waals surface area contributed by atoms with E-state index in [1.165, 1.54) is 0 Å². The molecule has 1 heterocycles. The Morgan fingerprint density at radius 3 is 2.74 bits per heavy atom. The molecule has 100 valence electrons. The van der Waals surface area contributed by atoms with E-state index < -0.39 is 0 Å². The smallest absolute Gasteiger partial charge is 0.137 e. The number of nitrogens with one attached hydrogen (secondary N) is 1. The monoisotopic (exact) mass is 258 g/mol. The maximum Gasteiger partial charge on any atom is 0.137 e. The quantitative estimate of drug-likeness (QED) is 0.864. The van der Waals surface area contributed by atoms with Crippen molar-refractivity contribution >= 4 is 5.82 Å². The maximum absolute atomic E-state index is 5.47. The lowest BCUT2D eigenvalue weighted by Gasteiger charge is -2.08. The average Bonchev–Trinajstić information content (AvgIpc) is 2.46. The van der Waals surface area contributed by atoms with Crippen LogP contribution in [0.25, 0.3) is 0 Å². The fraction of sp³-hybridized carbons (Fsp3) is 0.267. The number of methoxy groups -OCH3 is 1. The molecule has 0 fully saturated rings. The lowest BCUT2D eigenvalue weighted by atomic mass is 10.2. The van der Waals surface area contributed by atoms with Crippen LogP contribution in [0.3, 0.4) is 0 Å². The largest absolute Gasteiger partial charge is 0.495 e. The summed E-state index contributed by atoms with van der Waals surface area (Å²) in [7, 11) is 1.63. The minimum absolute atomic E-state index is 0.677. The van der Waals surface area contributed by atoms with Crippen LogP contribution in [0.5, 0.6) is 11.5 Å². The van der Waals surface area contributed by atoms with Crippen LogP contribution in [0.2, 0.25) is 0 Å². The third-order valence-electron chi connectivity index (χ3n) is 2.66. The zero-order valence-corrected chi connectivity index (χ0v) is 11.2. The summed E-state index contributed by atoms with van der Waals surface area (Å²) in [5.74, 6) is 2.47. The molecule has 0 bridgehead atoms. The molecule has 0 atom stereocenters. The van der Waals surface area contributed by atoms with Gasteiger partial charge in [0, 0.05) is 6.54 Å². The van der Waals surface area contributed by atoms with Crippen LogP contribution in [-0.2, 0) is 6.54 Å². The summed E-state index contributed by atoms with van der Waals surface area (Å²) in [4.78, 5) is 4.26. The first-order valence-electron chi connectivity index (χ1n) is 6.27. The zero-order chi connectivity index (χ0) is 13.5. The number of nitrogens with zero attached hydrogens (tertiary/aromatic N) is 1. The number of benzene rings is 1. The number of pyridine rings is 1. The minimum Gasteiger partial charge on any atom is -0.495 e. The lowest BCUT2D eigenvalue weighted by molar-refractivity contribution is 0.340. The second-order valence-corrected chi connectivity index (χ2v) is 4.02. The van der Waals surface area contributed by atoms with Crippen LogP contribution < -0.4 is 14.8 Å². The molecule has 0 aliphatic rings. The van der Waals surface area contributed by atoms with Crippen LogP contribution in [-0.4, -0.2) is 18.7 Å². The molecular formula is C15H18N2O2. The Labute approximate surface area is 113 Å². The number of hydrogen-bond donors (Lipinski definition) is 1. The molecule has 0 aliphatic carbocycles. The van der Waals surface area contributed by atoms with Gasteiger partial charge >= 0.3 is 0 Å². The Hall–Kier alpha value is -2.23. The van der Waals surface area contributed by atoms with Crippen LogP contribution in [0.1, 0.15) is 12.5 Å². The van der Waals surface area contributed by atoms with E-state index in [-0.39, 0.29) is 0 Å². The second kappa shape index (κ2) is 6.64. The fourth-order valence-electron chi connectivity index (χ4n) is 1.71. The fourth-order valence-corrected chi connectivity index (χ4v) is 1.71. The first-order chi connectivity index (χ1) is 9.31. The van der Waals surface area contributed by atoms with Crippen molar-refractivity contribution in [2.45, 2.75) is 13.5 Å². The van der Waals surface area contributed by atoms with Crippen LogP contribution in [0.4, 0.5) is 5.82 Å². The summed E-state index contributed by atoms with van der Waals surface area (Å²) in [6.07, 6.45) is 1.69. The molecule has 19 heavy (non-hydrogen) atoms. The first-order valence-corrected chi connectivity index (χ1v) is 6.27. The highest BCUT2D eigenvalue weighted by Gasteiger charge is 1.98. The third kappa shape index (κ3) is 3.88. The van der Waals surface area contributed by atoms with Crippen LogP contribution in [0, 0.1) is 0 Å². The Bertz CT molecular complexity index is 512. The van der Waals surface area contributed by atoms with Gasteiger partial charge in [-0.1, -0.05) is 12.1 Å². The van der Waals surface area contributed by atoms with Crippen LogP contribution in [0.15, 0.2) is 42.6 Å². The van der Waals surface area contributed by atoms with Gasteiger partial charge < -0.3 is 14.8 Å². The molecule has 4 heteroatoms. The van der Waals surface area contributed by atoms with E-state index in [0.717, 1.165) is 22.9 Å². The van der Waals surface area contributed by atoms with E-state index in [0.29, 0.717) is 13.2 Å². The van der Waals surface area contributed by atoms with Crippen molar-refractivity contribution in [1.82, 2.24) is 4.98 Å². The molecular weight excluding hydrogens is 240 g/mol. The molecule has 1 N–H and O–H groups in total. The predicted octanol–water partition coefficient (Wildman–Crippen LogP) is 3.10. The van der Waals surface area contributed by atoms with Crippen molar-refractivity contribution in [2.24, 2.45) is 0 Å². The van der Waals surface area contributed by atoms with Gasteiger partial charge in [0.25, 0.3) is 0 Å². The summed E-state index contributed by atoms with van der Waals surface area (Å²) in [6, 6.07) is 11.8. The highest BCUT2D eigenvalue weighted by molar-refractivity contribution is 5.39. The maximum atomic E-state index is 5.47. The van der Waals surface area contributed by atoms with E-state index >= 15 is 0 Å². The van der Waals surface area contributed by atoms with Gasteiger partial charge in [0.15, 0.2) is 0 Å². The van der Waals surface area contributed by atoms with Gasteiger partial charge in [-0.15, -0.1) is 0 Å². The molecule has 0 aliphatic heterocycles. The van der Waals surface area contributed by atoms with Gasteiger partial charge in [-0.3, -0.25) is 0 Å². The highest BCUT2D eigenvalue weighted by atomic mass is 16.5. The average molecular weight is 258 g/mol. The lowest BCUT2D eigenvalue weighted by Crippen LogP contribution is -2.01. The van der Waals surface area contributed by atoms with Crippen molar-refractivity contribution in [3.05, 3.63) is 48.2 Å². The molecule has 0 spiro atoms. The summed E-state index contributed by atoms with van der Waals surface area (Å²) in [5.41, 5.74) is 1.16. The Morgan fingerprint density at radius 2 is 2.05 bits per heavy atom. The molecule has 0 amide bonds. The van der Waals surface area contributed by atoms with Crippen molar-refractivity contribution in [3.63, 3.8) is 0 Å². The first kappa shape index (κ1) is 13.2. The minimum atomic E-state index is 0.677. The molecule has 0 unspecified atom stereocenters. The van der Waals surface area contributed by atoms with Crippen molar-refractivity contribution in [1.29, 1.82) is 0 Å². The van der Waals surface area contributed by atoms with Gasteiger partial charge in [0.1, 0.15) is 17.3 Å². The van der Waals surface area contributed by atoms with Gasteiger partial charge in [-0.05, 0) is 36.8 Å². The van der Waals surface area contributed by atoms with Gasteiger partial charge in [-0.25, -0.2) is 4.98 Å². The number of rotatable bonds is 6. The van der Waals surface area contributed by atoms with E-state index in [2.05, 4.69) is 16.4 Å². The molecule has 1 aromatic carbocycles. The van der Waals surface area contributed by atoms with Crippen molar-refractivity contribution in [3.8, 4) is 11.5 Å². The number of anilines is 1. The molecule has 4 nitrogen and oxygen atoms in total. The zero-order valence-electron chi connectivity index (χ0n) is 11.2. The molecule has 0 saturated carbocycles. The summed E-state index contributed by atoms with van der Waals surface area (Å²) >= 11 is 0. The number of aromatic nitrogens is 1. The number of ether oxygens (including phenoxy) is 2. The second-order valence-electron chi connectivity index (χ2n) is 4.02. The van der Waals surface area contributed by atoms with E-state index in [1.807, 2.05) is 37.3 Å². The summed E-state index contributed by atoms with van der Waals surface area (Å²) in [5, 5.41) is 3.26. The third-order valence-corrected chi connectivity index (χ3v) is 2.66.